The maximum atomic E-state index is 8.25. The summed E-state index contributed by atoms with van der Waals surface area (Å²) >= 11 is 1.81. The number of hydrogen-bond acceptors (Lipinski definition) is 4. The second-order valence-corrected chi connectivity index (χ2v) is 6.40. The zero-order valence-corrected chi connectivity index (χ0v) is 11.9. The van der Waals surface area contributed by atoms with Gasteiger partial charge in [-0.05, 0) is 31.2 Å². The highest BCUT2D eigenvalue weighted by Gasteiger charge is 2.31. The topological polar surface area (TPSA) is 45.1 Å². The van der Waals surface area contributed by atoms with Gasteiger partial charge in [0.2, 0.25) is 5.90 Å². The van der Waals surface area contributed by atoms with Crippen molar-refractivity contribution in [2.75, 3.05) is 5.32 Å². The molecule has 4 rings (SSSR count). The van der Waals surface area contributed by atoms with Crippen molar-refractivity contribution in [1.82, 2.24) is 0 Å². The third-order valence-electron chi connectivity index (χ3n) is 4.00. The van der Waals surface area contributed by atoms with Gasteiger partial charge in [0.25, 0.3) is 0 Å². The van der Waals surface area contributed by atoms with Gasteiger partial charge < -0.3 is 10.1 Å². The Balaban J connectivity index is 1.73. The van der Waals surface area contributed by atoms with E-state index in [1.54, 1.807) is 0 Å². The zero-order chi connectivity index (χ0) is 13.5. The number of ether oxygens (including phenoxy) is 1. The molecule has 0 saturated carbocycles. The Morgan fingerprint density at radius 3 is 2.80 bits per heavy atom. The molecular formula is C16H16N2OS. The lowest BCUT2D eigenvalue weighted by Gasteiger charge is -2.27. The van der Waals surface area contributed by atoms with Crippen molar-refractivity contribution in [3.05, 3.63) is 51.9 Å². The summed E-state index contributed by atoms with van der Waals surface area (Å²) in [5.41, 5.74) is 3.42. The Hall–Kier alpha value is -1.81. The Bertz CT molecular complexity index is 663. The molecule has 0 amide bonds. The number of rotatable bonds is 1. The van der Waals surface area contributed by atoms with Gasteiger partial charge in [-0.2, -0.15) is 0 Å². The van der Waals surface area contributed by atoms with Gasteiger partial charge in [0.1, 0.15) is 5.00 Å². The highest BCUT2D eigenvalue weighted by atomic mass is 32.1. The van der Waals surface area contributed by atoms with Crippen molar-refractivity contribution >= 4 is 22.2 Å². The first-order valence-electron chi connectivity index (χ1n) is 7.04. The van der Waals surface area contributed by atoms with Crippen LogP contribution >= 0.6 is 11.3 Å². The van der Waals surface area contributed by atoms with Crippen LogP contribution in [-0.4, -0.2) is 5.90 Å². The molecule has 1 unspecified atom stereocenters. The standard InChI is InChI=1S/C16H16N2OS/c17-14-13-11-8-4-5-9-12(11)20-16(13)18-15(19-14)10-6-2-1-3-7-10/h1-3,6-7,15,17-18H,4-5,8-9H2. The summed E-state index contributed by atoms with van der Waals surface area (Å²) in [6.07, 6.45) is 4.49. The third kappa shape index (κ3) is 1.83. The van der Waals surface area contributed by atoms with E-state index >= 15 is 0 Å². The highest BCUT2D eigenvalue weighted by Crippen LogP contribution is 2.43. The minimum atomic E-state index is -0.240. The third-order valence-corrected chi connectivity index (χ3v) is 5.22. The van der Waals surface area contributed by atoms with Crippen LogP contribution in [-0.2, 0) is 17.6 Å². The fraction of sp³-hybridized carbons (Fsp3) is 0.312. The molecule has 0 saturated heterocycles. The summed E-state index contributed by atoms with van der Waals surface area (Å²) in [5, 5.41) is 12.8. The molecule has 1 aliphatic heterocycles. The van der Waals surface area contributed by atoms with E-state index in [0.717, 1.165) is 29.0 Å². The Labute approximate surface area is 122 Å². The molecule has 0 bridgehead atoms. The first kappa shape index (κ1) is 12.0. The summed E-state index contributed by atoms with van der Waals surface area (Å²) in [7, 11) is 0. The molecule has 2 N–H and O–H groups in total. The van der Waals surface area contributed by atoms with E-state index in [0.29, 0.717) is 5.90 Å². The molecule has 1 aromatic heterocycles. The van der Waals surface area contributed by atoms with Gasteiger partial charge in [-0.3, -0.25) is 5.41 Å². The van der Waals surface area contributed by atoms with Crippen molar-refractivity contribution in [3.63, 3.8) is 0 Å². The maximum absolute atomic E-state index is 8.25. The number of aryl methyl sites for hydroxylation is 1. The first-order chi connectivity index (χ1) is 9.83. The largest absolute Gasteiger partial charge is 0.449 e. The molecule has 2 aliphatic rings. The van der Waals surface area contributed by atoms with E-state index < -0.39 is 0 Å². The summed E-state index contributed by atoms with van der Waals surface area (Å²) in [5.74, 6) is 0.326. The van der Waals surface area contributed by atoms with E-state index in [4.69, 9.17) is 10.1 Å². The van der Waals surface area contributed by atoms with Gasteiger partial charge in [-0.15, -0.1) is 11.3 Å². The SMILES string of the molecule is N=C1OC(c2ccccc2)Nc2sc3c(c21)CCCC3. The van der Waals surface area contributed by atoms with Crippen LogP contribution in [0.1, 0.15) is 40.6 Å². The van der Waals surface area contributed by atoms with Gasteiger partial charge in [-0.1, -0.05) is 30.3 Å². The number of fused-ring (bicyclic) bond motifs is 3. The van der Waals surface area contributed by atoms with Crippen LogP contribution < -0.4 is 5.32 Å². The highest BCUT2D eigenvalue weighted by molar-refractivity contribution is 7.16. The van der Waals surface area contributed by atoms with Crippen LogP contribution in [0.2, 0.25) is 0 Å². The van der Waals surface area contributed by atoms with Crippen LogP contribution in [0.15, 0.2) is 30.3 Å². The molecule has 2 heterocycles. The molecule has 0 radical (unpaired) electrons. The fourth-order valence-corrected chi connectivity index (χ4v) is 4.32. The predicted octanol–water partition coefficient (Wildman–Crippen LogP) is 4.09. The van der Waals surface area contributed by atoms with Gasteiger partial charge >= 0.3 is 0 Å². The monoisotopic (exact) mass is 284 g/mol. The van der Waals surface area contributed by atoms with Crippen molar-refractivity contribution in [3.8, 4) is 0 Å². The van der Waals surface area contributed by atoms with Crippen LogP contribution in [0.25, 0.3) is 0 Å². The second-order valence-electron chi connectivity index (χ2n) is 5.30. The van der Waals surface area contributed by atoms with Crippen LogP contribution in [0.5, 0.6) is 0 Å². The molecule has 1 aromatic carbocycles. The van der Waals surface area contributed by atoms with E-state index in [1.807, 2.05) is 41.7 Å². The number of nitrogens with one attached hydrogen (secondary N) is 2. The number of benzene rings is 1. The Kier molecular flexibility index (Phi) is 2.77. The quantitative estimate of drug-likeness (QED) is 0.828. The van der Waals surface area contributed by atoms with Gasteiger partial charge in [0.15, 0.2) is 6.23 Å². The fourth-order valence-electron chi connectivity index (χ4n) is 3.01. The van der Waals surface area contributed by atoms with Crippen LogP contribution in [0.3, 0.4) is 0 Å². The summed E-state index contributed by atoms with van der Waals surface area (Å²) in [6, 6.07) is 10.1. The Morgan fingerprint density at radius 2 is 1.95 bits per heavy atom. The average Bonchev–Trinajstić information content (AvgIpc) is 2.87. The molecule has 20 heavy (non-hydrogen) atoms. The molecule has 1 atom stereocenters. The lowest BCUT2D eigenvalue weighted by molar-refractivity contribution is 0.215. The predicted molar refractivity (Wildman–Crippen MR) is 81.7 cm³/mol. The molecule has 0 fully saturated rings. The number of anilines is 1. The summed E-state index contributed by atoms with van der Waals surface area (Å²) in [4.78, 5) is 1.44. The lowest BCUT2D eigenvalue weighted by atomic mass is 9.95. The summed E-state index contributed by atoms with van der Waals surface area (Å²) < 4.78 is 5.80. The number of hydrogen-bond donors (Lipinski definition) is 2. The van der Waals surface area contributed by atoms with Crippen LogP contribution in [0.4, 0.5) is 5.00 Å². The van der Waals surface area contributed by atoms with Crippen molar-refractivity contribution in [2.45, 2.75) is 31.9 Å². The van der Waals surface area contributed by atoms with Crippen molar-refractivity contribution < 1.29 is 4.74 Å². The van der Waals surface area contributed by atoms with E-state index in [1.165, 1.54) is 23.3 Å². The molecule has 2 aromatic rings. The smallest absolute Gasteiger partial charge is 0.218 e. The number of thiophene rings is 1. The average molecular weight is 284 g/mol. The normalized spacial score (nSPS) is 20.6. The molecule has 4 heteroatoms. The van der Waals surface area contributed by atoms with E-state index in [-0.39, 0.29) is 6.23 Å². The van der Waals surface area contributed by atoms with Crippen molar-refractivity contribution in [1.29, 1.82) is 5.41 Å². The Morgan fingerprint density at radius 1 is 1.15 bits per heavy atom. The first-order valence-corrected chi connectivity index (χ1v) is 7.86. The van der Waals surface area contributed by atoms with E-state index in [9.17, 15) is 0 Å². The second kappa shape index (κ2) is 4.63. The van der Waals surface area contributed by atoms with E-state index in [2.05, 4.69) is 5.32 Å². The molecular weight excluding hydrogens is 268 g/mol. The minimum Gasteiger partial charge on any atom is -0.449 e. The minimum absolute atomic E-state index is 0.240. The lowest BCUT2D eigenvalue weighted by Crippen LogP contribution is -2.25. The molecule has 0 spiro atoms. The van der Waals surface area contributed by atoms with Crippen LogP contribution in [0, 0.1) is 5.41 Å². The van der Waals surface area contributed by atoms with Gasteiger partial charge in [-0.25, -0.2) is 0 Å². The van der Waals surface area contributed by atoms with Gasteiger partial charge in [0, 0.05) is 10.4 Å². The molecule has 1 aliphatic carbocycles. The van der Waals surface area contributed by atoms with Gasteiger partial charge in [0.05, 0.1) is 5.56 Å². The zero-order valence-electron chi connectivity index (χ0n) is 11.1. The summed E-state index contributed by atoms with van der Waals surface area (Å²) in [6.45, 7) is 0. The molecule has 102 valence electrons. The van der Waals surface area contributed by atoms with Crippen molar-refractivity contribution in [2.24, 2.45) is 0 Å². The maximum Gasteiger partial charge on any atom is 0.218 e. The molecule has 3 nitrogen and oxygen atoms in total.